The fraction of sp³-hybridized carbons (Fsp3) is 0.250. The summed E-state index contributed by atoms with van der Waals surface area (Å²) in [6, 6.07) is 2.41. The topological polar surface area (TPSA) is 32.3 Å². The molecule has 12 heavy (non-hydrogen) atoms. The van der Waals surface area contributed by atoms with Crippen molar-refractivity contribution < 1.29 is 9.50 Å². The largest absolute Gasteiger partial charge is 0.508 e. The molecule has 0 amide bonds. The first-order valence-electron chi connectivity index (χ1n) is 3.46. The molecule has 1 rings (SSSR count). The Morgan fingerprint density at radius 2 is 2.25 bits per heavy atom. The predicted octanol–water partition coefficient (Wildman–Crippen LogP) is 1.90. The molecule has 0 bridgehead atoms. The van der Waals surface area contributed by atoms with E-state index in [0.717, 1.165) is 0 Å². The molecule has 0 aromatic heterocycles. The zero-order valence-electron chi connectivity index (χ0n) is 6.56. The zero-order valence-corrected chi connectivity index (χ0v) is 7.32. The molecule has 0 saturated carbocycles. The van der Waals surface area contributed by atoms with Crippen molar-refractivity contribution in [1.29, 1.82) is 0 Å². The second kappa shape index (κ2) is 3.74. The van der Waals surface area contributed by atoms with Gasteiger partial charge in [0.15, 0.2) is 0 Å². The maximum absolute atomic E-state index is 12.8. The zero-order chi connectivity index (χ0) is 9.14. The molecule has 0 saturated heterocycles. The van der Waals surface area contributed by atoms with Crippen molar-refractivity contribution in [3.8, 4) is 5.75 Å². The van der Waals surface area contributed by atoms with Gasteiger partial charge in [-0.2, -0.15) is 0 Å². The van der Waals surface area contributed by atoms with Crippen molar-refractivity contribution in [3.63, 3.8) is 0 Å². The molecule has 0 radical (unpaired) electrons. The lowest BCUT2D eigenvalue weighted by atomic mass is 10.2. The minimum Gasteiger partial charge on any atom is -0.508 e. The van der Waals surface area contributed by atoms with Crippen molar-refractivity contribution in [1.82, 2.24) is 5.32 Å². The highest BCUT2D eigenvalue weighted by molar-refractivity contribution is 6.30. The molecule has 2 nitrogen and oxygen atoms in total. The van der Waals surface area contributed by atoms with Crippen LogP contribution in [0.3, 0.4) is 0 Å². The molecule has 0 aliphatic carbocycles. The van der Waals surface area contributed by atoms with Crippen LogP contribution in [0.15, 0.2) is 12.1 Å². The molecular weight excluding hydrogens is 181 g/mol. The molecule has 4 heteroatoms. The first kappa shape index (κ1) is 9.29. The second-order valence-corrected chi connectivity index (χ2v) is 2.83. The van der Waals surface area contributed by atoms with E-state index in [4.69, 9.17) is 11.6 Å². The summed E-state index contributed by atoms with van der Waals surface area (Å²) >= 11 is 5.43. The molecule has 0 heterocycles. The summed E-state index contributed by atoms with van der Waals surface area (Å²) in [4.78, 5) is 0. The van der Waals surface area contributed by atoms with Crippen molar-refractivity contribution in [2.45, 2.75) is 6.54 Å². The van der Waals surface area contributed by atoms with Crippen LogP contribution in [0.2, 0.25) is 5.02 Å². The molecule has 0 fully saturated rings. The van der Waals surface area contributed by atoms with Gasteiger partial charge in [-0.15, -0.1) is 0 Å². The summed E-state index contributed by atoms with van der Waals surface area (Å²) in [5.41, 5.74) is 0.499. The molecular formula is C8H9ClFNO. The van der Waals surface area contributed by atoms with E-state index in [-0.39, 0.29) is 10.8 Å². The molecule has 0 aliphatic rings. The Morgan fingerprint density at radius 1 is 1.58 bits per heavy atom. The number of rotatable bonds is 2. The van der Waals surface area contributed by atoms with Gasteiger partial charge in [-0.3, -0.25) is 0 Å². The van der Waals surface area contributed by atoms with Crippen molar-refractivity contribution in [2.75, 3.05) is 7.05 Å². The van der Waals surface area contributed by atoms with Gasteiger partial charge in [0.25, 0.3) is 0 Å². The Balaban J connectivity index is 3.05. The molecule has 1 aromatic rings. The van der Waals surface area contributed by atoms with Crippen molar-refractivity contribution in [3.05, 3.63) is 28.5 Å². The number of halogens is 2. The van der Waals surface area contributed by atoms with Gasteiger partial charge < -0.3 is 10.4 Å². The average molecular weight is 190 g/mol. The maximum atomic E-state index is 12.8. The monoisotopic (exact) mass is 189 g/mol. The first-order chi connectivity index (χ1) is 5.65. The fourth-order valence-electron chi connectivity index (χ4n) is 0.910. The van der Waals surface area contributed by atoms with Crippen molar-refractivity contribution >= 4 is 11.6 Å². The second-order valence-electron chi connectivity index (χ2n) is 2.43. The van der Waals surface area contributed by atoms with Crippen molar-refractivity contribution in [2.24, 2.45) is 0 Å². The van der Waals surface area contributed by atoms with Gasteiger partial charge in [-0.05, 0) is 13.1 Å². The Morgan fingerprint density at radius 3 is 2.83 bits per heavy atom. The van der Waals surface area contributed by atoms with Crippen LogP contribution in [0, 0.1) is 5.82 Å². The van der Waals surface area contributed by atoms with Gasteiger partial charge in [0, 0.05) is 18.2 Å². The van der Waals surface area contributed by atoms with E-state index in [1.807, 2.05) is 0 Å². The Bertz CT molecular complexity index is 291. The number of phenols is 1. The molecule has 0 spiro atoms. The highest BCUT2D eigenvalue weighted by Gasteiger charge is 2.06. The van der Waals surface area contributed by atoms with Gasteiger partial charge in [0.2, 0.25) is 0 Å². The molecule has 1 aromatic carbocycles. The third-order valence-electron chi connectivity index (χ3n) is 1.49. The van der Waals surface area contributed by atoms with E-state index in [1.165, 1.54) is 12.1 Å². The number of hydrogen-bond donors (Lipinski definition) is 2. The maximum Gasteiger partial charge on any atom is 0.142 e. The molecule has 66 valence electrons. The first-order valence-corrected chi connectivity index (χ1v) is 3.84. The van der Waals surface area contributed by atoms with Crippen LogP contribution in [0.5, 0.6) is 5.75 Å². The van der Waals surface area contributed by atoms with E-state index in [2.05, 4.69) is 5.32 Å². The lowest BCUT2D eigenvalue weighted by molar-refractivity contribution is 0.463. The highest BCUT2D eigenvalue weighted by Crippen LogP contribution is 2.24. The van der Waals surface area contributed by atoms with E-state index in [0.29, 0.717) is 12.1 Å². The van der Waals surface area contributed by atoms with Gasteiger partial charge in [0.05, 0.1) is 5.02 Å². The quantitative estimate of drug-likeness (QED) is 0.745. The molecule has 0 aliphatic heterocycles. The molecule has 0 atom stereocenters. The number of nitrogens with one attached hydrogen (secondary N) is 1. The number of benzene rings is 1. The Kier molecular flexibility index (Phi) is 2.89. The Labute approximate surface area is 75.0 Å². The number of phenolic OH excluding ortho intramolecular Hbond substituents is 1. The van der Waals surface area contributed by atoms with Crippen LogP contribution >= 0.6 is 11.6 Å². The summed E-state index contributed by atoms with van der Waals surface area (Å²) in [5, 5.41) is 12.0. The summed E-state index contributed by atoms with van der Waals surface area (Å²) in [6.07, 6.45) is 0. The van der Waals surface area contributed by atoms with Crippen LogP contribution in [-0.4, -0.2) is 12.2 Å². The van der Waals surface area contributed by atoms with Gasteiger partial charge in [-0.1, -0.05) is 11.6 Å². The van der Waals surface area contributed by atoms with Crippen LogP contribution in [0.25, 0.3) is 0 Å². The normalized spacial score (nSPS) is 10.2. The van der Waals surface area contributed by atoms with E-state index in [1.54, 1.807) is 7.05 Å². The Hall–Kier alpha value is -0.800. The van der Waals surface area contributed by atoms with Crippen LogP contribution in [-0.2, 0) is 6.54 Å². The van der Waals surface area contributed by atoms with Gasteiger partial charge in [0.1, 0.15) is 11.6 Å². The number of hydrogen-bond acceptors (Lipinski definition) is 2. The highest BCUT2D eigenvalue weighted by atomic mass is 35.5. The van der Waals surface area contributed by atoms with Gasteiger partial charge in [-0.25, -0.2) is 4.39 Å². The molecule has 2 N–H and O–H groups in total. The van der Waals surface area contributed by atoms with E-state index in [9.17, 15) is 9.50 Å². The van der Waals surface area contributed by atoms with Gasteiger partial charge >= 0.3 is 0 Å². The SMILES string of the molecule is CNCc1cc(F)c(Cl)cc1O. The fourth-order valence-corrected chi connectivity index (χ4v) is 1.07. The third-order valence-corrected chi connectivity index (χ3v) is 1.78. The van der Waals surface area contributed by atoms with E-state index >= 15 is 0 Å². The standard InChI is InChI=1S/C8H9ClFNO/c1-11-4-5-2-7(10)6(9)3-8(5)12/h2-3,11-12H,4H2,1H3. The van der Waals surface area contributed by atoms with Crippen LogP contribution < -0.4 is 5.32 Å². The lowest BCUT2D eigenvalue weighted by Gasteiger charge is -2.04. The summed E-state index contributed by atoms with van der Waals surface area (Å²) in [5.74, 6) is -0.504. The van der Waals surface area contributed by atoms with Crippen LogP contribution in [0.1, 0.15) is 5.56 Å². The average Bonchev–Trinajstić information content (AvgIpc) is 2.01. The predicted molar refractivity (Wildman–Crippen MR) is 45.8 cm³/mol. The van der Waals surface area contributed by atoms with Crippen LogP contribution in [0.4, 0.5) is 4.39 Å². The van der Waals surface area contributed by atoms with E-state index < -0.39 is 5.82 Å². The minimum absolute atomic E-state index is 0.00995. The lowest BCUT2D eigenvalue weighted by Crippen LogP contribution is -2.05. The third kappa shape index (κ3) is 1.87. The number of aromatic hydroxyl groups is 1. The molecule has 0 unspecified atom stereocenters. The minimum atomic E-state index is -0.514. The summed E-state index contributed by atoms with van der Waals surface area (Å²) in [6.45, 7) is 0.417. The smallest absolute Gasteiger partial charge is 0.142 e. The summed E-state index contributed by atoms with van der Waals surface area (Å²) < 4.78 is 12.8. The summed E-state index contributed by atoms with van der Waals surface area (Å²) in [7, 11) is 1.71.